The van der Waals surface area contributed by atoms with E-state index in [1.165, 1.54) is 17.0 Å². The molecule has 1 fully saturated rings. The Morgan fingerprint density at radius 3 is 3.12 bits per heavy atom. The smallest absolute Gasteiger partial charge is 0.211 e. The maximum Gasteiger partial charge on any atom is 0.211 e. The minimum atomic E-state index is 0.890. The summed E-state index contributed by atoms with van der Waals surface area (Å²) in [7, 11) is 0. The molecule has 0 unspecified atom stereocenters. The van der Waals surface area contributed by atoms with Crippen LogP contribution < -0.4 is 0 Å². The van der Waals surface area contributed by atoms with Gasteiger partial charge < -0.3 is 4.90 Å². The molecule has 1 aromatic heterocycles. The van der Waals surface area contributed by atoms with Gasteiger partial charge in [-0.25, -0.2) is 9.98 Å². The summed E-state index contributed by atoms with van der Waals surface area (Å²) in [6.07, 6.45) is 2.31. The third-order valence-electron chi connectivity index (χ3n) is 3.08. The van der Waals surface area contributed by atoms with Crippen LogP contribution in [0.25, 0.3) is 10.2 Å². The van der Waals surface area contributed by atoms with E-state index in [9.17, 15) is 0 Å². The van der Waals surface area contributed by atoms with E-state index in [2.05, 4.69) is 22.9 Å². The second-order valence-electron chi connectivity index (χ2n) is 4.18. The molecule has 88 valence electrons. The van der Waals surface area contributed by atoms with E-state index in [-0.39, 0.29) is 0 Å². The summed E-state index contributed by atoms with van der Waals surface area (Å²) in [4.78, 5) is 11.6. The summed E-state index contributed by atoms with van der Waals surface area (Å²) in [5, 5.41) is 0.890. The van der Waals surface area contributed by atoms with Gasteiger partial charge in [0.2, 0.25) is 5.13 Å². The maximum absolute atomic E-state index is 4.70. The highest BCUT2D eigenvalue weighted by molar-refractivity contribution is 7.22. The van der Waals surface area contributed by atoms with Crippen LogP contribution in [0.4, 0.5) is 5.13 Å². The molecule has 1 aromatic carbocycles. The molecule has 0 bridgehead atoms. The Bertz CT molecular complexity index is 526. The maximum atomic E-state index is 4.70. The van der Waals surface area contributed by atoms with Crippen molar-refractivity contribution in [2.45, 2.75) is 19.8 Å². The Morgan fingerprint density at radius 1 is 1.41 bits per heavy atom. The molecule has 1 aliphatic heterocycles. The predicted octanol–water partition coefficient (Wildman–Crippen LogP) is 3.44. The van der Waals surface area contributed by atoms with Crippen LogP contribution >= 0.6 is 11.3 Å². The third-order valence-corrected chi connectivity index (χ3v) is 4.01. The fourth-order valence-electron chi connectivity index (χ4n) is 2.20. The van der Waals surface area contributed by atoms with Crippen molar-refractivity contribution >= 4 is 32.5 Å². The summed E-state index contributed by atoms with van der Waals surface area (Å²) in [5.74, 6) is 1.20. The third kappa shape index (κ3) is 2.05. The summed E-state index contributed by atoms with van der Waals surface area (Å²) in [5.41, 5.74) is 1.05. The summed E-state index contributed by atoms with van der Waals surface area (Å²) >= 11 is 1.67. The number of rotatable bonds is 2. The van der Waals surface area contributed by atoms with E-state index >= 15 is 0 Å². The van der Waals surface area contributed by atoms with Crippen molar-refractivity contribution < 1.29 is 0 Å². The van der Waals surface area contributed by atoms with Crippen LogP contribution in [0, 0.1) is 0 Å². The van der Waals surface area contributed by atoms with E-state index in [4.69, 9.17) is 4.99 Å². The van der Waals surface area contributed by atoms with Gasteiger partial charge in [-0.3, -0.25) is 0 Å². The van der Waals surface area contributed by atoms with Crippen molar-refractivity contribution in [3.05, 3.63) is 24.3 Å². The number of para-hydroxylation sites is 1. The van der Waals surface area contributed by atoms with Crippen LogP contribution in [0.2, 0.25) is 0 Å². The molecule has 0 saturated carbocycles. The largest absolute Gasteiger partial charge is 0.360 e. The molecule has 0 amide bonds. The zero-order valence-electron chi connectivity index (χ0n) is 9.89. The molecule has 0 atom stereocenters. The zero-order valence-corrected chi connectivity index (χ0v) is 10.7. The lowest BCUT2D eigenvalue weighted by atomic mass is 10.3. The summed E-state index contributed by atoms with van der Waals surface area (Å²) in [6.45, 7) is 4.36. The molecule has 1 aliphatic rings. The second kappa shape index (κ2) is 4.45. The van der Waals surface area contributed by atoms with Crippen LogP contribution in [0.15, 0.2) is 29.3 Å². The highest BCUT2D eigenvalue weighted by Crippen LogP contribution is 2.28. The number of aliphatic imine (C=N–C) groups is 1. The van der Waals surface area contributed by atoms with Gasteiger partial charge in [-0.2, -0.15) is 0 Å². The number of benzene rings is 1. The quantitative estimate of drug-likeness (QED) is 0.810. The van der Waals surface area contributed by atoms with E-state index in [1.54, 1.807) is 11.3 Å². The van der Waals surface area contributed by atoms with Crippen molar-refractivity contribution in [3.8, 4) is 0 Å². The highest BCUT2D eigenvalue weighted by atomic mass is 32.1. The topological polar surface area (TPSA) is 28.5 Å². The van der Waals surface area contributed by atoms with Crippen LogP contribution in [0.5, 0.6) is 0 Å². The van der Waals surface area contributed by atoms with Gasteiger partial charge in [0.05, 0.1) is 10.2 Å². The Balaban J connectivity index is 1.96. The number of amidine groups is 1. The average Bonchev–Trinajstić information content (AvgIpc) is 2.94. The van der Waals surface area contributed by atoms with Gasteiger partial charge in [0, 0.05) is 19.5 Å². The van der Waals surface area contributed by atoms with Crippen molar-refractivity contribution in [1.29, 1.82) is 0 Å². The van der Waals surface area contributed by atoms with Gasteiger partial charge in [0.15, 0.2) is 0 Å². The Morgan fingerprint density at radius 2 is 2.29 bits per heavy atom. The fourth-order valence-corrected chi connectivity index (χ4v) is 3.06. The fraction of sp³-hybridized carbons (Fsp3) is 0.385. The van der Waals surface area contributed by atoms with E-state index < -0.39 is 0 Å². The molecule has 3 rings (SSSR count). The predicted molar refractivity (Wildman–Crippen MR) is 73.2 cm³/mol. The first-order valence-corrected chi connectivity index (χ1v) is 6.86. The molecule has 17 heavy (non-hydrogen) atoms. The van der Waals surface area contributed by atoms with Gasteiger partial charge >= 0.3 is 0 Å². The Hall–Kier alpha value is -1.42. The zero-order chi connectivity index (χ0) is 11.7. The van der Waals surface area contributed by atoms with Gasteiger partial charge in [-0.05, 0) is 25.5 Å². The van der Waals surface area contributed by atoms with Crippen molar-refractivity contribution in [1.82, 2.24) is 9.88 Å². The van der Waals surface area contributed by atoms with E-state index in [0.717, 1.165) is 30.2 Å². The molecule has 3 nitrogen and oxygen atoms in total. The Labute approximate surface area is 105 Å². The van der Waals surface area contributed by atoms with Gasteiger partial charge in [-0.15, -0.1) is 0 Å². The lowest BCUT2D eigenvalue weighted by Gasteiger charge is -2.14. The van der Waals surface area contributed by atoms with Crippen LogP contribution in [0.3, 0.4) is 0 Å². The van der Waals surface area contributed by atoms with Gasteiger partial charge in [-0.1, -0.05) is 23.5 Å². The van der Waals surface area contributed by atoms with Crippen LogP contribution in [0.1, 0.15) is 19.8 Å². The first-order valence-electron chi connectivity index (χ1n) is 6.05. The molecule has 0 N–H and O–H groups in total. The average molecular weight is 245 g/mol. The summed E-state index contributed by atoms with van der Waals surface area (Å²) < 4.78 is 1.22. The number of fused-ring (bicyclic) bond motifs is 1. The molecule has 2 heterocycles. The number of nitrogens with zero attached hydrogens (tertiary/aromatic N) is 3. The lowest BCUT2D eigenvalue weighted by molar-refractivity contribution is 0.479. The number of likely N-dealkylation sites (tertiary alicyclic amines) is 1. The van der Waals surface area contributed by atoms with Crippen molar-refractivity contribution in [3.63, 3.8) is 0 Å². The van der Waals surface area contributed by atoms with Crippen LogP contribution in [-0.2, 0) is 0 Å². The number of aromatic nitrogens is 1. The minimum Gasteiger partial charge on any atom is -0.360 e. The van der Waals surface area contributed by atoms with Gasteiger partial charge in [0.25, 0.3) is 0 Å². The summed E-state index contributed by atoms with van der Waals surface area (Å²) in [6, 6.07) is 8.21. The van der Waals surface area contributed by atoms with Gasteiger partial charge in [0.1, 0.15) is 5.84 Å². The highest BCUT2D eigenvalue weighted by Gasteiger charge is 2.17. The molecule has 1 saturated heterocycles. The normalized spacial score (nSPS) is 18.4. The molecular formula is C13H15N3S. The number of hydrogen-bond donors (Lipinski definition) is 0. The first-order chi connectivity index (χ1) is 8.36. The van der Waals surface area contributed by atoms with Crippen LogP contribution in [-0.4, -0.2) is 28.8 Å². The molecule has 4 heteroatoms. The minimum absolute atomic E-state index is 0.890. The first kappa shape index (κ1) is 10.7. The molecule has 0 spiro atoms. The molecule has 0 aliphatic carbocycles. The standard InChI is InChI=1S/C13H15N3S/c1-2-16-9-5-8-12(16)15-13-14-10-6-3-4-7-11(10)17-13/h3-4,6-7H,2,5,8-9H2,1H3/b15-12-. The molecular weight excluding hydrogens is 230 g/mol. The Kier molecular flexibility index (Phi) is 2.81. The number of hydrogen-bond acceptors (Lipinski definition) is 3. The molecule has 0 radical (unpaired) electrons. The molecule has 2 aromatic rings. The van der Waals surface area contributed by atoms with Crippen molar-refractivity contribution in [2.75, 3.05) is 13.1 Å². The second-order valence-corrected chi connectivity index (χ2v) is 5.18. The lowest BCUT2D eigenvalue weighted by Crippen LogP contribution is -2.23. The SMILES string of the molecule is CCN1CCC/C1=N/c1nc2ccccc2s1. The van der Waals surface area contributed by atoms with E-state index in [1.807, 2.05) is 18.2 Å². The van der Waals surface area contributed by atoms with Crippen molar-refractivity contribution in [2.24, 2.45) is 4.99 Å². The monoisotopic (exact) mass is 245 g/mol. The number of thiazole rings is 1. The van der Waals surface area contributed by atoms with E-state index in [0.29, 0.717) is 0 Å².